The molecule has 24 heavy (non-hydrogen) atoms. The van der Waals surface area contributed by atoms with Crippen LogP contribution in [0.25, 0.3) is 0 Å². The standard InChI is InChI=1S/C15H23N3O5S/c1-5-21-11(19)9-24-13-17-16-12(22-13)10-7-6-8-18(10)14(20)23-15(2,3)4/h10H,5-9H2,1-4H3/t10-/m1/s1. The van der Waals surface area contributed by atoms with Gasteiger partial charge in [0.05, 0.1) is 6.61 Å². The van der Waals surface area contributed by atoms with Crippen LogP contribution in [0.3, 0.4) is 0 Å². The van der Waals surface area contributed by atoms with Crippen molar-refractivity contribution < 1.29 is 23.5 Å². The molecule has 2 heterocycles. The van der Waals surface area contributed by atoms with Crippen LogP contribution in [-0.4, -0.2) is 51.7 Å². The van der Waals surface area contributed by atoms with Gasteiger partial charge in [0.15, 0.2) is 0 Å². The predicted molar refractivity (Wildman–Crippen MR) is 86.6 cm³/mol. The van der Waals surface area contributed by atoms with Gasteiger partial charge in [0.2, 0.25) is 5.89 Å². The van der Waals surface area contributed by atoms with Crippen LogP contribution < -0.4 is 0 Å². The lowest BCUT2D eigenvalue weighted by Crippen LogP contribution is -2.36. The maximum Gasteiger partial charge on any atom is 0.410 e. The third-order valence-electron chi connectivity index (χ3n) is 3.21. The minimum atomic E-state index is -0.556. The van der Waals surface area contributed by atoms with E-state index in [4.69, 9.17) is 13.9 Å². The molecule has 8 nitrogen and oxygen atoms in total. The maximum atomic E-state index is 12.3. The molecule has 1 saturated heterocycles. The first kappa shape index (κ1) is 18.6. The van der Waals surface area contributed by atoms with Crippen molar-refractivity contribution in [2.24, 2.45) is 0 Å². The zero-order chi connectivity index (χ0) is 17.7. The van der Waals surface area contributed by atoms with Crippen molar-refractivity contribution in [3.8, 4) is 0 Å². The highest BCUT2D eigenvalue weighted by Gasteiger charge is 2.36. The quantitative estimate of drug-likeness (QED) is 0.586. The minimum absolute atomic E-state index is 0.107. The zero-order valence-corrected chi connectivity index (χ0v) is 15.2. The second-order valence-corrected chi connectivity index (χ2v) is 7.26. The van der Waals surface area contributed by atoms with Crippen molar-refractivity contribution in [3.63, 3.8) is 0 Å². The van der Waals surface area contributed by atoms with Crippen molar-refractivity contribution in [2.75, 3.05) is 18.9 Å². The highest BCUT2D eigenvalue weighted by atomic mass is 32.2. The van der Waals surface area contributed by atoms with E-state index in [1.54, 1.807) is 11.8 Å². The SMILES string of the molecule is CCOC(=O)CSc1nnc([C@H]2CCCN2C(=O)OC(C)(C)C)o1. The predicted octanol–water partition coefficient (Wildman–Crippen LogP) is 2.80. The third-order valence-corrected chi connectivity index (χ3v) is 4.00. The van der Waals surface area contributed by atoms with Crippen LogP contribution in [-0.2, 0) is 14.3 Å². The lowest BCUT2D eigenvalue weighted by atomic mass is 10.2. The van der Waals surface area contributed by atoms with Crippen LogP contribution in [0.4, 0.5) is 4.79 Å². The van der Waals surface area contributed by atoms with Crippen LogP contribution in [0.2, 0.25) is 0 Å². The monoisotopic (exact) mass is 357 g/mol. The van der Waals surface area contributed by atoms with Gasteiger partial charge in [-0.1, -0.05) is 11.8 Å². The van der Waals surface area contributed by atoms with Crippen LogP contribution in [0.5, 0.6) is 0 Å². The Hall–Kier alpha value is -1.77. The number of amides is 1. The van der Waals surface area contributed by atoms with Gasteiger partial charge in [0.25, 0.3) is 5.22 Å². The molecule has 1 atom stereocenters. The Morgan fingerprint density at radius 3 is 2.79 bits per heavy atom. The van der Waals surface area contributed by atoms with Gasteiger partial charge >= 0.3 is 12.1 Å². The smallest absolute Gasteiger partial charge is 0.410 e. The molecule has 0 bridgehead atoms. The molecule has 1 fully saturated rings. The normalized spacial score (nSPS) is 17.8. The Bertz CT molecular complexity index is 584. The van der Waals surface area contributed by atoms with Gasteiger partial charge in [-0.3, -0.25) is 9.69 Å². The molecule has 134 valence electrons. The van der Waals surface area contributed by atoms with E-state index in [-0.39, 0.29) is 29.1 Å². The number of hydrogen-bond acceptors (Lipinski definition) is 8. The van der Waals surface area contributed by atoms with Crippen LogP contribution in [0.1, 0.15) is 52.5 Å². The number of carbonyl (C=O) groups is 2. The number of ether oxygens (including phenoxy) is 2. The fraction of sp³-hybridized carbons (Fsp3) is 0.733. The summed E-state index contributed by atoms with van der Waals surface area (Å²) in [4.78, 5) is 25.2. The lowest BCUT2D eigenvalue weighted by Gasteiger charge is -2.27. The van der Waals surface area contributed by atoms with E-state index in [9.17, 15) is 9.59 Å². The van der Waals surface area contributed by atoms with E-state index in [2.05, 4.69) is 10.2 Å². The molecule has 0 spiro atoms. The number of nitrogens with zero attached hydrogens (tertiary/aromatic N) is 3. The molecule has 0 saturated carbocycles. The van der Waals surface area contributed by atoms with Gasteiger partial charge in [-0.25, -0.2) is 4.79 Å². The molecular formula is C15H23N3O5S. The summed E-state index contributed by atoms with van der Waals surface area (Å²) in [6.45, 7) is 8.15. The van der Waals surface area contributed by atoms with Crippen molar-refractivity contribution in [3.05, 3.63) is 5.89 Å². The number of esters is 1. The Labute approximate surface area is 145 Å². The molecule has 2 rings (SSSR count). The van der Waals surface area contributed by atoms with E-state index in [1.807, 2.05) is 20.8 Å². The number of aromatic nitrogens is 2. The Morgan fingerprint density at radius 2 is 2.12 bits per heavy atom. The number of rotatable bonds is 5. The fourth-order valence-electron chi connectivity index (χ4n) is 2.30. The second kappa shape index (κ2) is 7.87. The summed E-state index contributed by atoms with van der Waals surface area (Å²) in [5.41, 5.74) is -0.556. The lowest BCUT2D eigenvalue weighted by molar-refractivity contribution is -0.139. The summed E-state index contributed by atoms with van der Waals surface area (Å²) >= 11 is 1.12. The summed E-state index contributed by atoms with van der Waals surface area (Å²) in [7, 11) is 0. The first-order valence-electron chi connectivity index (χ1n) is 7.91. The molecule has 0 radical (unpaired) electrons. The number of carbonyl (C=O) groups excluding carboxylic acids is 2. The molecule has 1 amide bonds. The molecule has 0 unspecified atom stereocenters. The first-order valence-corrected chi connectivity index (χ1v) is 8.90. The molecule has 1 aliphatic rings. The zero-order valence-electron chi connectivity index (χ0n) is 14.4. The largest absolute Gasteiger partial charge is 0.465 e. The van der Waals surface area contributed by atoms with Crippen LogP contribution >= 0.6 is 11.8 Å². The fourth-order valence-corrected chi connectivity index (χ4v) is 2.87. The minimum Gasteiger partial charge on any atom is -0.465 e. The Morgan fingerprint density at radius 1 is 1.38 bits per heavy atom. The van der Waals surface area contributed by atoms with Crippen molar-refractivity contribution in [1.82, 2.24) is 15.1 Å². The molecular weight excluding hydrogens is 334 g/mol. The molecule has 0 aliphatic carbocycles. The van der Waals surface area contributed by atoms with E-state index < -0.39 is 5.60 Å². The van der Waals surface area contributed by atoms with Gasteiger partial charge in [-0.2, -0.15) is 0 Å². The Balaban J connectivity index is 1.97. The van der Waals surface area contributed by atoms with Gasteiger partial charge < -0.3 is 13.9 Å². The average Bonchev–Trinajstić information content (AvgIpc) is 3.12. The highest BCUT2D eigenvalue weighted by molar-refractivity contribution is 7.99. The molecule has 0 aromatic carbocycles. The van der Waals surface area contributed by atoms with Gasteiger partial charge in [-0.05, 0) is 40.5 Å². The van der Waals surface area contributed by atoms with E-state index in [0.717, 1.165) is 24.6 Å². The number of thioether (sulfide) groups is 1. The molecule has 1 aliphatic heterocycles. The molecule has 1 aromatic rings. The maximum absolute atomic E-state index is 12.3. The molecule has 0 N–H and O–H groups in total. The van der Waals surface area contributed by atoms with E-state index >= 15 is 0 Å². The average molecular weight is 357 g/mol. The van der Waals surface area contributed by atoms with E-state index in [0.29, 0.717) is 19.0 Å². The summed E-state index contributed by atoms with van der Waals surface area (Å²) in [6.07, 6.45) is 1.20. The summed E-state index contributed by atoms with van der Waals surface area (Å²) in [5.74, 6) is 0.138. The van der Waals surface area contributed by atoms with Gasteiger partial charge in [0, 0.05) is 6.54 Å². The number of hydrogen-bond donors (Lipinski definition) is 0. The van der Waals surface area contributed by atoms with Crippen molar-refractivity contribution in [2.45, 2.75) is 57.4 Å². The van der Waals surface area contributed by atoms with Crippen molar-refractivity contribution >= 4 is 23.8 Å². The summed E-state index contributed by atoms with van der Waals surface area (Å²) in [6, 6.07) is -0.288. The number of likely N-dealkylation sites (tertiary alicyclic amines) is 1. The molecule has 1 aromatic heterocycles. The highest BCUT2D eigenvalue weighted by Crippen LogP contribution is 2.33. The van der Waals surface area contributed by atoms with Gasteiger partial charge in [0.1, 0.15) is 17.4 Å². The summed E-state index contributed by atoms with van der Waals surface area (Å²) in [5, 5.41) is 8.22. The Kier molecular flexibility index (Phi) is 6.09. The second-order valence-electron chi connectivity index (χ2n) is 6.33. The van der Waals surface area contributed by atoms with Crippen LogP contribution in [0.15, 0.2) is 9.64 Å². The van der Waals surface area contributed by atoms with Crippen LogP contribution in [0, 0.1) is 0 Å². The third kappa shape index (κ3) is 5.12. The molecule has 9 heteroatoms. The van der Waals surface area contributed by atoms with E-state index in [1.165, 1.54) is 0 Å². The van der Waals surface area contributed by atoms with Crippen molar-refractivity contribution in [1.29, 1.82) is 0 Å². The summed E-state index contributed by atoms with van der Waals surface area (Å²) < 4.78 is 15.9. The first-order chi connectivity index (χ1) is 11.3. The van der Waals surface area contributed by atoms with Gasteiger partial charge in [-0.15, -0.1) is 10.2 Å². The topological polar surface area (TPSA) is 94.8 Å².